The van der Waals surface area contributed by atoms with Crippen LogP contribution in [0.15, 0.2) is 18.2 Å². The fourth-order valence-corrected chi connectivity index (χ4v) is 2.70. The van der Waals surface area contributed by atoms with Crippen molar-refractivity contribution in [2.24, 2.45) is 5.41 Å². The van der Waals surface area contributed by atoms with Gasteiger partial charge in [-0.1, -0.05) is 6.42 Å². The number of urea groups is 1. The topological polar surface area (TPSA) is 79.5 Å². The van der Waals surface area contributed by atoms with Crippen molar-refractivity contribution in [1.82, 2.24) is 5.32 Å². The molecule has 1 aliphatic rings. The molecule has 2 rings (SSSR count). The molecular weight excluding hydrogens is 313 g/mol. The molecule has 0 aliphatic heterocycles. The van der Waals surface area contributed by atoms with Crippen molar-refractivity contribution < 1.29 is 18.7 Å². The van der Waals surface area contributed by atoms with Gasteiger partial charge in [0.2, 0.25) is 5.91 Å². The highest BCUT2D eigenvalue weighted by atomic mass is 19.1. The van der Waals surface area contributed by atoms with Gasteiger partial charge in [0.05, 0.1) is 12.3 Å². The molecule has 0 aromatic heterocycles. The smallest absolute Gasteiger partial charge is 0.319 e. The Morgan fingerprint density at radius 3 is 2.62 bits per heavy atom. The van der Waals surface area contributed by atoms with Crippen molar-refractivity contribution in [1.29, 1.82) is 0 Å². The molecule has 1 aromatic rings. The Labute approximate surface area is 141 Å². The average molecular weight is 337 g/mol. The zero-order chi connectivity index (χ0) is 17.6. The van der Waals surface area contributed by atoms with Gasteiger partial charge in [0.1, 0.15) is 5.82 Å². The van der Waals surface area contributed by atoms with E-state index in [1.807, 2.05) is 6.92 Å². The Balaban J connectivity index is 1.91. The highest BCUT2D eigenvalue weighted by Crippen LogP contribution is 2.40. The first kappa shape index (κ1) is 18.2. The minimum Gasteiger partial charge on any atom is -0.381 e. The number of ether oxygens (including phenoxy) is 1. The number of anilines is 2. The van der Waals surface area contributed by atoms with Gasteiger partial charge in [-0.25, -0.2) is 9.18 Å². The first-order valence-corrected chi connectivity index (χ1v) is 8.14. The van der Waals surface area contributed by atoms with E-state index in [0.29, 0.717) is 25.4 Å². The zero-order valence-electron chi connectivity index (χ0n) is 14.1. The van der Waals surface area contributed by atoms with E-state index in [0.717, 1.165) is 19.3 Å². The van der Waals surface area contributed by atoms with Crippen LogP contribution in [0.2, 0.25) is 0 Å². The van der Waals surface area contributed by atoms with E-state index in [4.69, 9.17) is 4.74 Å². The molecule has 3 amide bonds. The number of hydrogen-bond acceptors (Lipinski definition) is 3. The number of benzene rings is 1. The lowest BCUT2D eigenvalue weighted by molar-refractivity contribution is -0.114. The Morgan fingerprint density at radius 2 is 2.04 bits per heavy atom. The second-order valence-corrected chi connectivity index (χ2v) is 6.17. The van der Waals surface area contributed by atoms with E-state index >= 15 is 0 Å². The van der Waals surface area contributed by atoms with Gasteiger partial charge < -0.3 is 20.7 Å². The maximum absolute atomic E-state index is 13.8. The normalized spacial score (nSPS) is 15.3. The molecule has 7 heteroatoms. The summed E-state index contributed by atoms with van der Waals surface area (Å²) in [5.74, 6) is -0.827. The maximum atomic E-state index is 13.8. The summed E-state index contributed by atoms with van der Waals surface area (Å²) in [6.07, 6.45) is 3.16. The van der Waals surface area contributed by atoms with Crippen molar-refractivity contribution in [2.45, 2.75) is 33.1 Å². The molecule has 0 unspecified atom stereocenters. The summed E-state index contributed by atoms with van der Waals surface area (Å²) in [7, 11) is 0. The van der Waals surface area contributed by atoms with Crippen molar-refractivity contribution >= 4 is 23.3 Å². The molecule has 0 heterocycles. The molecule has 0 radical (unpaired) electrons. The van der Waals surface area contributed by atoms with Gasteiger partial charge >= 0.3 is 6.03 Å². The van der Waals surface area contributed by atoms with Crippen LogP contribution in [0.25, 0.3) is 0 Å². The van der Waals surface area contributed by atoms with Crippen molar-refractivity contribution in [3.05, 3.63) is 24.0 Å². The number of halogens is 1. The van der Waals surface area contributed by atoms with Gasteiger partial charge in [0.15, 0.2) is 0 Å². The Hall–Kier alpha value is -2.15. The molecule has 6 nitrogen and oxygen atoms in total. The quantitative estimate of drug-likeness (QED) is 0.715. The molecule has 1 saturated carbocycles. The third-order valence-electron chi connectivity index (χ3n) is 4.19. The highest BCUT2D eigenvalue weighted by Gasteiger charge is 2.37. The van der Waals surface area contributed by atoms with Gasteiger partial charge in [-0.2, -0.15) is 0 Å². The summed E-state index contributed by atoms with van der Waals surface area (Å²) in [6, 6.07) is 3.54. The van der Waals surface area contributed by atoms with E-state index in [1.165, 1.54) is 25.1 Å². The molecule has 24 heavy (non-hydrogen) atoms. The van der Waals surface area contributed by atoms with E-state index in [2.05, 4.69) is 16.0 Å². The molecule has 0 saturated heterocycles. The van der Waals surface area contributed by atoms with Crippen molar-refractivity contribution in [3.8, 4) is 0 Å². The van der Waals surface area contributed by atoms with Crippen molar-refractivity contribution in [2.75, 3.05) is 30.4 Å². The molecule has 0 spiro atoms. The van der Waals surface area contributed by atoms with Gasteiger partial charge in [-0.15, -0.1) is 0 Å². The van der Waals surface area contributed by atoms with E-state index in [9.17, 15) is 14.0 Å². The SMILES string of the molecule is CCOCC1(CNC(=O)Nc2cc(NC(C)=O)ccc2F)CCC1. The third-order valence-corrected chi connectivity index (χ3v) is 4.19. The van der Waals surface area contributed by atoms with E-state index in [-0.39, 0.29) is 17.0 Å². The Bertz CT molecular complexity index is 603. The summed E-state index contributed by atoms with van der Waals surface area (Å²) in [4.78, 5) is 23.1. The lowest BCUT2D eigenvalue weighted by atomic mass is 9.69. The molecule has 0 atom stereocenters. The monoisotopic (exact) mass is 337 g/mol. The second kappa shape index (κ2) is 8.10. The summed E-state index contributed by atoms with van der Waals surface area (Å²) in [6.45, 7) is 5.06. The summed E-state index contributed by atoms with van der Waals surface area (Å²) >= 11 is 0. The number of carbonyl (C=O) groups excluding carboxylic acids is 2. The largest absolute Gasteiger partial charge is 0.381 e. The second-order valence-electron chi connectivity index (χ2n) is 6.17. The van der Waals surface area contributed by atoms with E-state index in [1.54, 1.807) is 0 Å². The fourth-order valence-electron chi connectivity index (χ4n) is 2.70. The minimum atomic E-state index is -0.563. The van der Waals surface area contributed by atoms with Crippen LogP contribution in [-0.2, 0) is 9.53 Å². The number of nitrogens with one attached hydrogen (secondary N) is 3. The maximum Gasteiger partial charge on any atom is 0.319 e. The van der Waals surface area contributed by atoms with Crippen LogP contribution in [0.3, 0.4) is 0 Å². The molecule has 1 aromatic carbocycles. The van der Waals surface area contributed by atoms with Gasteiger partial charge in [0.25, 0.3) is 0 Å². The van der Waals surface area contributed by atoms with Crippen molar-refractivity contribution in [3.63, 3.8) is 0 Å². The Kier molecular flexibility index (Phi) is 6.14. The van der Waals surface area contributed by atoms with Crippen LogP contribution in [0, 0.1) is 11.2 Å². The third kappa shape index (κ3) is 4.92. The summed E-state index contributed by atoms with van der Waals surface area (Å²) < 4.78 is 19.3. The summed E-state index contributed by atoms with van der Waals surface area (Å²) in [5, 5.41) is 7.82. The average Bonchev–Trinajstić information content (AvgIpc) is 2.49. The highest BCUT2D eigenvalue weighted by molar-refractivity contribution is 5.92. The van der Waals surface area contributed by atoms with Crippen LogP contribution >= 0.6 is 0 Å². The van der Waals surface area contributed by atoms with Crippen LogP contribution in [0.4, 0.5) is 20.6 Å². The van der Waals surface area contributed by atoms with Crippen LogP contribution < -0.4 is 16.0 Å². The van der Waals surface area contributed by atoms with Crippen LogP contribution in [0.1, 0.15) is 33.1 Å². The lowest BCUT2D eigenvalue weighted by Crippen LogP contribution is -2.46. The lowest BCUT2D eigenvalue weighted by Gasteiger charge is -2.41. The van der Waals surface area contributed by atoms with Gasteiger partial charge in [-0.05, 0) is 38.0 Å². The fraction of sp³-hybridized carbons (Fsp3) is 0.529. The predicted octanol–water partition coefficient (Wildman–Crippen LogP) is 3.11. The van der Waals surface area contributed by atoms with Gasteiger partial charge in [-0.3, -0.25) is 4.79 Å². The predicted molar refractivity (Wildman–Crippen MR) is 90.5 cm³/mol. The molecule has 1 fully saturated rings. The number of rotatable bonds is 7. The first-order valence-electron chi connectivity index (χ1n) is 8.14. The van der Waals surface area contributed by atoms with Crippen LogP contribution in [-0.4, -0.2) is 31.7 Å². The number of amides is 3. The van der Waals surface area contributed by atoms with Crippen LogP contribution in [0.5, 0.6) is 0 Å². The number of hydrogen-bond donors (Lipinski definition) is 3. The molecule has 0 bridgehead atoms. The minimum absolute atomic E-state index is 0.00999. The molecule has 3 N–H and O–H groups in total. The first-order chi connectivity index (χ1) is 11.4. The van der Waals surface area contributed by atoms with E-state index < -0.39 is 11.8 Å². The Morgan fingerprint density at radius 1 is 1.29 bits per heavy atom. The zero-order valence-corrected chi connectivity index (χ0v) is 14.1. The standard InChI is InChI=1S/C17H24FN3O3/c1-3-24-11-17(7-4-8-17)10-19-16(23)21-15-9-13(20-12(2)22)5-6-14(15)18/h5-6,9H,3-4,7-8,10-11H2,1-2H3,(H,20,22)(H2,19,21,23). The molecular formula is C17H24FN3O3. The van der Waals surface area contributed by atoms with Gasteiger partial charge in [0, 0.05) is 31.2 Å². The molecule has 1 aliphatic carbocycles. The number of carbonyl (C=O) groups is 2. The summed E-state index contributed by atoms with van der Waals surface area (Å²) in [5.41, 5.74) is 0.432. The molecule has 132 valence electrons.